The molecule has 20 heavy (non-hydrogen) atoms. The first-order valence-corrected chi connectivity index (χ1v) is 9.83. The van der Waals surface area contributed by atoms with Crippen LogP contribution >= 0.6 is 0 Å². The average molecular weight is 281 g/mol. The second-order valence-corrected chi connectivity index (χ2v) is 7.39. The lowest BCUT2D eigenvalue weighted by Crippen LogP contribution is -2.22. The van der Waals surface area contributed by atoms with Crippen molar-refractivity contribution in [2.75, 3.05) is 0 Å². The summed E-state index contributed by atoms with van der Waals surface area (Å²) >= 11 is 0. The predicted octanol–water partition coefficient (Wildman–Crippen LogP) is 7.66. The van der Waals surface area contributed by atoms with Gasteiger partial charge < -0.3 is 0 Å². The molecule has 0 aromatic carbocycles. The van der Waals surface area contributed by atoms with Gasteiger partial charge in [0.25, 0.3) is 0 Å². The van der Waals surface area contributed by atoms with E-state index < -0.39 is 0 Å². The minimum absolute atomic E-state index is 0.752. The van der Waals surface area contributed by atoms with Crippen molar-refractivity contribution in [1.82, 2.24) is 0 Å². The minimum atomic E-state index is 0.752. The van der Waals surface area contributed by atoms with Crippen molar-refractivity contribution in [3.8, 4) is 0 Å². The molecule has 0 amide bonds. The van der Waals surface area contributed by atoms with Crippen LogP contribution in [0.5, 0.6) is 0 Å². The molecule has 0 radical (unpaired) electrons. The zero-order chi connectivity index (χ0) is 14.5. The molecule has 0 bridgehead atoms. The van der Waals surface area contributed by atoms with Crippen molar-refractivity contribution < 1.29 is 0 Å². The second-order valence-electron chi connectivity index (χ2n) is 7.39. The van der Waals surface area contributed by atoms with Crippen LogP contribution in [0, 0.1) is 5.41 Å². The van der Waals surface area contributed by atoms with E-state index in [1.807, 2.05) is 0 Å². The first kappa shape index (κ1) is 18.1. The first-order valence-electron chi connectivity index (χ1n) is 9.83. The van der Waals surface area contributed by atoms with E-state index in [1.54, 1.807) is 25.7 Å². The zero-order valence-electron chi connectivity index (χ0n) is 14.5. The molecule has 0 nitrogen and oxygen atoms in total. The first-order chi connectivity index (χ1) is 9.83. The summed E-state index contributed by atoms with van der Waals surface area (Å²) < 4.78 is 0. The Morgan fingerprint density at radius 2 is 1.00 bits per heavy atom. The lowest BCUT2D eigenvalue weighted by Gasteiger charge is -2.36. The van der Waals surface area contributed by atoms with Crippen LogP contribution in [-0.2, 0) is 0 Å². The van der Waals surface area contributed by atoms with Crippen molar-refractivity contribution in [3.63, 3.8) is 0 Å². The van der Waals surface area contributed by atoms with Gasteiger partial charge in [0.1, 0.15) is 0 Å². The van der Waals surface area contributed by atoms with Gasteiger partial charge in [0.05, 0.1) is 0 Å². The van der Waals surface area contributed by atoms with Crippen LogP contribution in [0.1, 0.15) is 123 Å². The van der Waals surface area contributed by atoms with E-state index in [0.29, 0.717) is 0 Å². The van der Waals surface area contributed by atoms with Gasteiger partial charge in [-0.15, -0.1) is 0 Å². The summed E-state index contributed by atoms with van der Waals surface area (Å²) in [7, 11) is 0. The summed E-state index contributed by atoms with van der Waals surface area (Å²) in [5.74, 6) is 0. The lowest BCUT2D eigenvalue weighted by atomic mass is 9.69. The van der Waals surface area contributed by atoms with Gasteiger partial charge in [0.2, 0.25) is 0 Å². The third kappa shape index (κ3) is 7.70. The highest BCUT2D eigenvalue weighted by molar-refractivity contribution is 4.81. The molecule has 0 spiro atoms. The third-order valence-electron chi connectivity index (χ3n) is 5.54. The molecule has 0 unspecified atom stereocenters. The van der Waals surface area contributed by atoms with Crippen molar-refractivity contribution in [2.45, 2.75) is 123 Å². The largest absolute Gasteiger partial charge is 0.0654 e. The van der Waals surface area contributed by atoms with Gasteiger partial charge in [-0.1, -0.05) is 97.3 Å². The van der Waals surface area contributed by atoms with Gasteiger partial charge in [-0.3, -0.25) is 0 Å². The van der Waals surface area contributed by atoms with E-state index in [1.165, 1.54) is 83.5 Å². The Kier molecular flexibility index (Phi) is 10.5. The molecule has 0 saturated heterocycles. The van der Waals surface area contributed by atoms with Crippen molar-refractivity contribution in [2.24, 2.45) is 5.41 Å². The van der Waals surface area contributed by atoms with Crippen LogP contribution in [0.15, 0.2) is 0 Å². The van der Waals surface area contributed by atoms with E-state index in [2.05, 4.69) is 13.8 Å². The summed E-state index contributed by atoms with van der Waals surface area (Å²) in [6.45, 7) is 4.66. The molecular formula is C20H40. The molecule has 1 rings (SSSR count). The normalized spacial score (nSPS) is 19.5. The fourth-order valence-electron chi connectivity index (χ4n) is 4.13. The quantitative estimate of drug-likeness (QED) is 0.360. The molecular weight excluding hydrogens is 240 g/mol. The molecule has 0 heterocycles. The van der Waals surface area contributed by atoms with Crippen LogP contribution in [-0.4, -0.2) is 0 Å². The molecule has 0 atom stereocenters. The molecule has 0 heteroatoms. The molecule has 0 aromatic rings. The van der Waals surface area contributed by atoms with E-state index in [-0.39, 0.29) is 0 Å². The van der Waals surface area contributed by atoms with Gasteiger partial charge in [-0.05, 0) is 31.1 Å². The van der Waals surface area contributed by atoms with E-state index in [9.17, 15) is 0 Å². The van der Waals surface area contributed by atoms with Crippen molar-refractivity contribution in [1.29, 1.82) is 0 Å². The molecule has 0 aromatic heterocycles. The summed E-state index contributed by atoms with van der Waals surface area (Å²) in [4.78, 5) is 0. The molecule has 1 aliphatic carbocycles. The van der Waals surface area contributed by atoms with Crippen LogP contribution in [0.25, 0.3) is 0 Å². The molecule has 120 valence electrons. The molecule has 0 aliphatic heterocycles. The van der Waals surface area contributed by atoms with Crippen LogP contribution in [0.2, 0.25) is 0 Å². The average Bonchev–Trinajstić information content (AvgIpc) is 2.43. The maximum Gasteiger partial charge on any atom is -0.0297 e. The summed E-state index contributed by atoms with van der Waals surface area (Å²) in [6.07, 6.45) is 25.3. The Balaban J connectivity index is 2.41. The minimum Gasteiger partial charge on any atom is -0.0654 e. The van der Waals surface area contributed by atoms with Crippen LogP contribution in [0.4, 0.5) is 0 Å². The standard InChI is InChI=1S/C20H40/c1-3-5-7-12-16-20(17-13-8-6-4-2)18-14-10-9-11-15-19-20/h3-19H2,1-2H3. The smallest absolute Gasteiger partial charge is 0.0297 e. The Hall–Kier alpha value is 0. The lowest BCUT2D eigenvalue weighted by molar-refractivity contribution is 0.163. The van der Waals surface area contributed by atoms with Gasteiger partial charge in [-0.2, -0.15) is 0 Å². The number of rotatable bonds is 10. The van der Waals surface area contributed by atoms with Gasteiger partial charge in [0.15, 0.2) is 0 Å². The Bertz CT molecular complexity index is 184. The molecule has 1 saturated carbocycles. The SMILES string of the molecule is CCCCCCC1(CCCCCC)CCCCCCC1. The Morgan fingerprint density at radius 1 is 0.550 bits per heavy atom. The maximum atomic E-state index is 2.33. The number of unbranched alkanes of at least 4 members (excludes halogenated alkanes) is 6. The predicted molar refractivity (Wildman–Crippen MR) is 92.3 cm³/mol. The number of hydrogen-bond donors (Lipinski definition) is 0. The topological polar surface area (TPSA) is 0 Å². The number of hydrogen-bond acceptors (Lipinski definition) is 0. The van der Waals surface area contributed by atoms with Crippen molar-refractivity contribution in [3.05, 3.63) is 0 Å². The highest BCUT2D eigenvalue weighted by atomic mass is 14.3. The third-order valence-corrected chi connectivity index (χ3v) is 5.54. The summed E-state index contributed by atoms with van der Waals surface area (Å²) in [5.41, 5.74) is 0.752. The summed E-state index contributed by atoms with van der Waals surface area (Å²) in [5, 5.41) is 0. The van der Waals surface area contributed by atoms with E-state index >= 15 is 0 Å². The van der Waals surface area contributed by atoms with Crippen molar-refractivity contribution >= 4 is 0 Å². The fraction of sp³-hybridized carbons (Fsp3) is 1.00. The van der Waals surface area contributed by atoms with Crippen LogP contribution in [0.3, 0.4) is 0 Å². The van der Waals surface area contributed by atoms with Crippen LogP contribution < -0.4 is 0 Å². The monoisotopic (exact) mass is 280 g/mol. The molecule has 1 aliphatic rings. The Morgan fingerprint density at radius 3 is 1.45 bits per heavy atom. The second kappa shape index (κ2) is 11.6. The highest BCUT2D eigenvalue weighted by Gasteiger charge is 2.28. The zero-order valence-corrected chi connectivity index (χ0v) is 14.5. The van der Waals surface area contributed by atoms with Gasteiger partial charge in [0, 0.05) is 0 Å². The van der Waals surface area contributed by atoms with E-state index in [4.69, 9.17) is 0 Å². The molecule has 1 fully saturated rings. The van der Waals surface area contributed by atoms with Gasteiger partial charge >= 0.3 is 0 Å². The summed E-state index contributed by atoms with van der Waals surface area (Å²) in [6, 6.07) is 0. The highest BCUT2D eigenvalue weighted by Crippen LogP contribution is 2.43. The maximum absolute atomic E-state index is 2.33. The molecule has 0 N–H and O–H groups in total. The Labute approximate surface area is 129 Å². The van der Waals surface area contributed by atoms with E-state index in [0.717, 1.165) is 5.41 Å². The van der Waals surface area contributed by atoms with Gasteiger partial charge in [-0.25, -0.2) is 0 Å². The fourth-order valence-corrected chi connectivity index (χ4v) is 4.13.